The maximum Gasteiger partial charge on any atom is 0.269 e. The fourth-order valence-electron chi connectivity index (χ4n) is 8.82. The van der Waals surface area contributed by atoms with Crippen molar-refractivity contribution < 1.29 is 9.30 Å². The monoisotopic (exact) mass is 826 g/mol. The smallest absolute Gasteiger partial charge is 0.269 e. The van der Waals surface area contributed by atoms with Gasteiger partial charge < -0.3 is 4.74 Å². The van der Waals surface area contributed by atoms with Gasteiger partial charge in [-0.05, 0) is 99.3 Å². The Morgan fingerprint density at radius 3 is 1.83 bits per heavy atom. The van der Waals surface area contributed by atoms with Gasteiger partial charge in [0.15, 0.2) is 0 Å². The van der Waals surface area contributed by atoms with Crippen LogP contribution in [-0.2, 0) is 21.7 Å². The second-order valence-electron chi connectivity index (χ2n) is 20.1. The van der Waals surface area contributed by atoms with Gasteiger partial charge in [-0.25, -0.2) is 4.98 Å². The lowest BCUT2D eigenvalue weighted by atomic mass is 9.78. The molecule has 0 radical (unpaired) electrons. The van der Waals surface area contributed by atoms with E-state index in [1.165, 1.54) is 27.6 Å². The summed E-state index contributed by atoms with van der Waals surface area (Å²) >= 11 is 0. The highest BCUT2D eigenvalue weighted by Gasteiger charge is 2.30. The van der Waals surface area contributed by atoms with E-state index >= 15 is 0 Å². The molecule has 5 nitrogen and oxygen atoms in total. The first-order valence-corrected chi connectivity index (χ1v) is 22.1. The van der Waals surface area contributed by atoms with Crippen LogP contribution in [0.3, 0.4) is 0 Å². The Morgan fingerprint density at radius 2 is 1.13 bits per heavy atom. The summed E-state index contributed by atoms with van der Waals surface area (Å²) in [6, 6.07) is 56.3. The van der Waals surface area contributed by atoms with Crippen molar-refractivity contribution in [2.24, 2.45) is 0 Å². The average Bonchev–Trinajstić information content (AvgIpc) is 3.87. The third-order valence-electron chi connectivity index (χ3n) is 12.9. The molecule has 0 fully saturated rings. The summed E-state index contributed by atoms with van der Waals surface area (Å²) in [5.74, 6) is 2.41. The summed E-state index contributed by atoms with van der Waals surface area (Å²) < 4.78 is 13.6. The Kier molecular flexibility index (Phi) is 10.3. The highest BCUT2D eigenvalue weighted by Crippen LogP contribution is 2.39. The Balaban J connectivity index is 1.18. The van der Waals surface area contributed by atoms with Gasteiger partial charge in [0.2, 0.25) is 0 Å². The van der Waals surface area contributed by atoms with E-state index in [2.05, 4.69) is 253 Å². The summed E-state index contributed by atoms with van der Waals surface area (Å²) in [4.78, 5) is 4.91. The van der Waals surface area contributed by atoms with E-state index in [9.17, 15) is 0 Å². The number of benzene rings is 6. The molecule has 0 spiro atoms. The molecule has 5 heteroatoms. The number of fused-ring (bicyclic) bond motifs is 3. The standard InChI is InChI=1S/C58H58N4O/c1-55(2,3)42-30-31-59-54(35-42)62-51-27-18-17-26-49(51)50-29-28-47(37-52(50)62)63-48-34-44(56(4,5)6)33-46(36-48)61-39-60(38-53(61)58(9,10)41-22-15-12-16-23-41)45-25-19-24-43(32-45)57(7,8)40-20-13-11-14-21-40/h11-38H,1-10H3. The SMILES string of the molecule is CC(C)(C)c1cc(Oc2ccc3c4ccccc4n(-c4cc(C(C)(C)C)ccn4)c3c2)cc(-n2[c-][n+](-c3cccc(C(C)(C)c4ccccc4)c3)cc2C(C)(C)c2ccccc2)c1. The summed E-state index contributed by atoms with van der Waals surface area (Å²) in [5.41, 5.74) is 10.7. The van der Waals surface area contributed by atoms with Crippen molar-refractivity contribution in [3.8, 4) is 28.7 Å². The Bertz CT molecular complexity index is 3100. The van der Waals surface area contributed by atoms with Crippen molar-refractivity contribution in [3.63, 3.8) is 0 Å². The molecule has 9 aromatic rings. The van der Waals surface area contributed by atoms with Gasteiger partial charge in [0, 0.05) is 40.1 Å². The van der Waals surface area contributed by atoms with Crippen LogP contribution >= 0.6 is 0 Å². The normalized spacial score (nSPS) is 12.6. The molecule has 0 N–H and O–H groups in total. The van der Waals surface area contributed by atoms with Gasteiger partial charge in [-0.2, -0.15) is 0 Å². The molecule has 0 atom stereocenters. The van der Waals surface area contributed by atoms with E-state index in [1.54, 1.807) is 0 Å². The largest absolute Gasteiger partial charge is 0.458 e. The van der Waals surface area contributed by atoms with Gasteiger partial charge in [0.05, 0.1) is 28.1 Å². The zero-order chi connectivity index (χ0) is 44.3. The van der Waals surface area contributed by atoms with E-state index in [1.807, 2.05) is 6.20 Å². The molecular weight excluding hydrogens is 769 g/mol. The quantitative estimate of drug-likeness (QED) is 0.107. The molecular formula is C58H58N4O. The number of hydrogen-bond acceptors (Lipinski definition) is 2. The molecule has 0 saturated heterocycles. The molecule has 0 amide bonds. The van der Waals surface area contributed by atoms with Crippen LogP contribution in [0.15, 0.2) is 170 Å². The van der Waals surface area contributed by atoms with Gasteiger partial charge in [0.1, 0.15) is 17.3 Å². The Hall–Kier alpha value is -6.72. The number of hydrogen-bond donors (Lipinski definition) is 0. The number of rotatable bonds is 9. The first-order valence-electron chi connectivity index (χ1n) is 22.1. The number of para-hydroxylation sites is 1. The predicted molar refractivity (Wildman–Crippen MR) is 259 cm³/mol. The van der Waals surface area contributed by atoms with E-state index in [-0.39, 0.29) is 21.7 Å². The van der Waals surface area contributed by atoms with Gasteiger partial charge in [-0.1, -0.05) is 160 Å². The van der Waals surface area contributed by atoms with Crippen LogP contribution < -0.4 is 9.30 Å². The molecule has 316 valence electrons. The van der Waals surface area contributed by atoms with Crippen LogP contribution in [-0.4, -0.2) is 14.1 Å². The zero-order valence-electron chi connectivity index (χ0n) is 38.4. The highest BCUT2D eigenvalue weighted by atomic mass is 16.5. The van der Waals surface area contributed by atoms with Crippen molar-refractivity contribution in [3.05, 3.63) is 210 Å². The van der Waals surface area contributed by atoms with Crippen LogP contribution in [0.2, 0.25) is 0 Å². The summed E-state index contributed by atoms with van der Waals surface area (Å²) in [7, 11) is 0. The van der Waals surface area contributed by atoms with Gasteiger partial charge in [-0.15, -0.1) is 0 Å². The topological polar surface area (TPSA) is 35.9 Å². The molecule has 0 unspecified atom stereocenters. The van der Waals surface area contributed by atoms with E-state index < -0.39 is 0 Å². The molecule has 3 heterocycles. The third-order valence-corrected chi connectivity index (χ3v) is 12.9. The fraction of sp³-hybridized carbons (Fsp3) is 0.241. The number of aromatic nitrogens is 4. The molecule has 0 aliphatic rings. The summed E-state index contributed by atoms with van der Waals surface area (Å²) in [5, 5.41) is 2.33. The minimum Gasteiger partial charge on any atom is -0.458 e. The molecule has 0 saturated carbocycles. The lowest BCUT2D eigenvalue weighted by Gasteiger charge is -2.28. The zero-order valence-corrected chi connectivity index (χ0v) is 38.4. The second kappa shape index (κ2) is 15.6. The molecule has 9 rings (SSSR count). The van der Waals surface area contributed by atoms with Crippen LogP contribution in [0.5, 0.6) is 11.5 Å². The second-order valence-corrected chi connectivity index (χ2v) is 20.1. The minimum absolute atomic E-state index is 0.0174. The third kappa shape index (κ3) is 7.86. The Morgan fingerprint density at radius 1 is 0.492 bits per heavy atom. The number of pyridine rings is 1. The first-order chi connectivity index (χ1) is 30.0. The lowest BCUT2D eigenvalue weighted by molar-refractivity contribution is -0.599. The molecule has 0 aliphatic heterocycles. The van der Waals surface area contributed by atoms with Crippen LogP contribution in [0.4, 0.5) is 0 Å². The Labute approximate surface area is 373 Å². The van der Waals surface area contributed by atoms with Crippen LogP contribution in [0, 0.1) is 6.33 Å². The molecule has 3 aromatic heterocycles. The molecule has 0 bridgehead atoms. The van der Waals surface area contributed by atoms with E-state index in [0.717, 1.165) is 56.4 Å². The van der Waals surface area contributed by atoms with E-state index in [0.29, 0.717) is 0 Å². The maximum absolute atomic E-state index is 6.98. The van der Waals surface area contributed by atoms with Crippen molar-refractivity contribution in [2.45, 2.75) is 90.9 Å². The van der Waals surface area contributed by atoms with Gasteiger partial charge >= 0.3 is 0 Å². The highest BCUT2D eigenvalue weighted by molar-refractivity contribution is 6.09. The summed E-state index contributed by atoms with van der Waals surface area (Å²) in [6.07, 6.45) is 8.00. The summed E-state index contributed by atoms with van der Waals surface area (Å²) in [6.45, 7) is 22.7. The van der Waals surface area contributed by atoms with Gasteiger partial charge in [0.25, 0.3) is 6.33 Å². The average molecular weight is 827 g/mol. The molecule has 63 heavy (non-hydrogen) atoms. The molecule has 6 aromatic carbocycles. The van der Waals surface area contributed by atoms with E-state index in [4.69, 9.17) is 9.72 Å². The first kappa shape index (κ1) is 41.6. The molecule has 0 aliphatic carbocycles. The van der Waals surface area contributed by atoms with Gasteiger partial charge in [-0.3, -0.25) is 13.7 Å². The van der Waals surface area contributed by atoms with Crippen molar-refractivity contribution in [1.29, 1.82) is 0 Å². The van der Waals surface area contributed by atoms with Crippen LogP contribution in [0.1, 0.15) is 103 Å². The maximum atomic E-state index is 6.98. The fourth-order valence-corrected chi connectivity index (χ4v) is 8.82. The van der Waals surface area contributed by atoms with Crippen molar-refractivity contribution in [1.82, 2.24) is 14.1 Å². The lowest BCUT2D eigenvalue weighted by Crippen LogP contribution is -2.30. The van der Waals surface area contributed by atoms with Crippen molar-refractivity contribution in [2.75, 3.05) is 0 Å². The minimum atomic E-state index is -0.376. The number of nitrogens with zero attached hydrogens (tertiary/aromatic N) is 4. The number of ether oxygens (including phenoxy) is 1. The number of imidazole rings is 1. The van der Waals surface area contributed by atoms with Crippen molar-refractivity contribution >= 4 is 21.8 Å². The van der Waals surface area contributed by atoms with Crippen LogP contribution in [0.25, 0.3) is 39.0 Å². The predicted octanol–water partition coefficient (Wildman–Crippen LogP) is 14.1.